The van der Waals surface area contributed by atoms with Crippen molar-refractivity contribution in [2.45, 2.75) is 6.54 Å². The number of hydrogen-bond acceptors (Lipinski definition) is 3. The van der Waals surface area contributed by atoms with Crippen LogP contribution in [0.3, 0.4) is 0 Å². The summed E-state index contributed by atoms with van der Waals surface area (Å²) in [4.78, 5) is 15.7. The van der Waals surface area contributed by atoms with E-state index >= 15 is 0 Å². The Morgan fingerprint density at radius 3 is 2.67 bits per heavy atom. The number of nitrogens with zero attached hydrogens (tertiary/aromatic N) is 1. The molecule has 1 aromatic heterocycles. The van der Waals surface area contributed by atoms with Gasteiger partial charge in [-0.1, -0.05) is 23.7 Å². The second-order valence-electron chi connectivity index (χ2n) is 3.71. The van der Waals surface area contributed by atoms with E-state index in [1.54, 1.807) is 30.3 Å². The van der Waals surface area contributed by atoms with Gasteiger partial charge in [0.1, 0.15) is 11.4 Å². The third kappa shape index (κ3) is 3.21. The molecule has 5 heteroatoms. The molecule has 0 spiro atoms. The Balaban J connectivity index is 1.98. The second-order valence-corrected chi connectivity index (χ2v) is 4.14. The van der Waals surface area contributed by atoms with E-state index in [9.17, 15) is 4.79 Å². The van der Waals surface area contributed by atoms with Crippen molar-refractivity contribution in [3.63, 3.8) is 0 Å². The number of phenolic OH excluding ortho intramolecular Hbond substituents is 1. The normalized spacial score (nSPS) is 10.1. The van der Waals surface area contributed by atoms with Crippen LogP contribution in [-0.4, -0.2) is 16.0 Å². The lowest BCUT2D eigenvalue weighted by Crippen LogP contribution is -2.23. The summed E-state index contributed by atoms with van der Waals surface area (Å²) in [6, 6.07) is 9.73. The van der Waals surface area contributed by atoms with Crippen molar-refractivity contribution in [2.75, 3.05) is 0 Å². The molecule has 0 fully saturated rings. The molecule has 2 N–H and O–H groups in total. The number of phenols is 1. The summed E-state index contributed by atoms with van der Waals surface area (Å²) in [6.45, 7) is 0.368. The van der Waals surface area contributed by atoms with Crippen molar-refractivity contribution in [1.29, 1.82) is 0 Å². The molecular formula is C13H11ClN2O2. The van der Waals surface area contributed by atoms with Gasteiger partial charge in [-0.2, -0.15) is 0 Å². The lowest BCUT2D eigenvalue weighted by atomic mass is 10.2. The Morgan fingerprint density at radius 1 is 1.28 bits per heavy atom. The predicted octanol–water partition coefficient (Wildman–Crippen LogP) is 2.37. The smallest absolute Gasteiger partial charge is 0.270 e. The predicted molar refractivity (Wildman–Crippen MR) is 68.5 cm³/mol. The van der Waals surface area contributed by atoms with Crippen molar-refractivity contribution in [1.82, 2.24) is 10.3 Å². The first-order chi connectivity index (χ1) is 8.65. The number of amides is 1. The van der Waals surface area contributed by atoms with E-state index in [1.807, 2.05) is 0 Å². The van der Waals surface area contributed by atoms with Crippen LogP contribution in [-0.2, 0) is 6.54 Å². The van der Waals surface area contributed by atoms with Crippen molar-refractivity contribution in [3.05, 3.63) is 58.9 Å². The number of aromatic nitrogens is 1. The Hall–Kier alpha value is -2.07. The Kier molecular flexibility index (Phi) is 3.79. The van der Waals surface area contributed by atoms with Gasteiger partial charge in [0, 0.05) is 17.8 Å². The molecule has 2 rings (SSSR count). The summed E-state index contributed by atoms with van der Waals surface area (Å²) in [5.41, 5.74) is 1.17. The zero-order valence-electron chi connectivity index (χ0n) is 9.43. The minimum Gasteiger partial charge on any atom is -0.508 e. The highest BCUT2D eigenvalue weighted by atomic mass is 35.5. The topological polar surface area (TPSA) is 62.2 Å². The number of aromatic hydroxyl groups is 1. The number of carbonyl (C=O) groups is 1. The van der Waals surface area contributed by atoms with Crippen LogP contribution in [0, 0.1) is 0 Å². The van der Waals surface area contributed by atoms with Crippen LogP contribution in [0.15, 0.2) is 42.6 Å². The molecule has 1 heterocycles. The first-order valence-corrected chi connectivity index (χ1v) is 5.70. The van der Waals surface area contributed by atoms with Crippen LogP contribution in [0.5, 0.6) is 5.75 Å². The number of benzene rings is 1. The third-order valence-electron chi connectivity index (χ3n) is 2.34. The van der Waals surface area contributed by atoms with Crippen LogP contribution in [0.2, 0.25) is 5.02 Å². The number of carbonyl (C=O) groups excluding carboxylic acids is 1. The lowest BCUT2D eigenvalue weighted by Gasteiger charge is -2.05. The molecule has 0 bridgehead atoms. The average Bonchev–Trinajstić information content (AvgIpc) is 2.38. The molecule has 1 amide bonds. The Morgan fingerprint density at radius 2 is 2.00 bits per heavy atom. The van der Waals surface area contributed by atoms with Crippen LogP contribution in [0.25, 0.3) is 0 Å². The van der Waals surface area contributed by atoms with Gasteiger partial charge in [-0.25, -0.2) is 0 Å². The van der Waals surface area contributed by atoms with Crippen molar-refractivity contribution in [3.8, 4) is 5.75 Å². The van der Waals surface area contributed by atoms with E-state index in [-0.39, 0.29) is 17.4 Å². The molecule has 2 aromatic rings. The van der Waals surface area contributed by atoms with Gasteiger partial charge >= 0.3 is 0 Å². The summed E-state index contributed by atoms with van der Waals surface area (Å²) in [7, 11) is 0. The summed E-state index contributed by atoms with van der Waals surface area (Å²) in [5.74, 6) is -0.0906. The summed E-state index contributed by atoms with van der Waals surface area (Å²) in [5, 5.41) is 12.3. The molecule has 0 aliphatic rings. The SMILES string of the molecule is O=C(NCc1ccc(O)cc1)c1cc(Cl)ccn1. The molecule has 4 nitrogen and oxygen atoms in total. The number of hydrogen-bond donors (Lipinski definition) is 2. The van der Waals surface area contributed by atoms with Crippen molar-refractivity contribution >= 4 is 17.5 Å². The van der Waals surface area contributed by atoms with E-state index < -0.39 is 0 Å². The summed E-state index contributed by atoms with van der Waals surface area (Å²) >= 11 is 5.78. The quantitative estimate of drug-likeness (QED) is 0.893. The van der Waals surface area contributed by atoms with Gasteiger partial charge in [-0.15, -0.1) is 0 Å². The lowest BCUT2D eigenvalue weighted by molar-refractivity contribution is 0.0946. The molecule has 0 aliphatic carbocycles. The molecule has 18 heavy (non-hydrogen) atoms. The fourth-order valence-corrected chi connectivity index (χ4v) is 1.58. The molecule has 0 saturated heterocycles. The minimum atomic E-state index is -0.287. The average molecular weight is 263 g/mol. The second kappa shape index (κ2) is 5.51. The van der Waals surface area contributed by atoms with E-state index in [0.29, 0.717) is 11.6 Å². The monoisotopic (exact) mass is 262 g/mol. The largest absolute Gasteiger partial charge is 0.508 e. The highest BCUT2D eigenvalue weighted by Crippen LogP contribution is 2.10. The van der Waals surface area contributed by atoms with E-state index in [4.69, 9.17) is 16.7 Å². The molecule has 92 valence electrons. The van der Waals surface area contributed by atoms with E-state index in [1.165, 1.54) is 12.3 Å². The van der Waals surface area contributed by atoms with Gasteiger partial charge in [-0.3, -0.25) is 9.78 Å². The van der Waals surface area contributed by atoms with Gasteiger partial charge in [0.15, 0.2) is 0 Å². The number of rotatable bonds is 3. The maximum absolute atomic E-state index is 11.8. The van der Waals surface area contributed by atoms with E-state index in [0.717, 1.165) is 5.56 Å². The minimum absolute atomic E-state index is 0.196. The molecule has 0 unspecified atom stereocenters. The van der Waals surface area contributed by atoms with Gasteiger partial charge in [0.2, 0.25) is 0 Å². The standard InChI is InChI=1S/C13H11ClN2O2/c14-10-5-6-15-12(7-10)13(18)16-8-9-1-3-11(17)4-2-9/h1-7,17H,8H2,(H,16,18). The van der Waals surface area contributed by atoms with Gasteiger partial charge in [0.25, 0.3) is 5.91 Å². The fourth-order valence-electron chi connectivity index (χ4n) is 1.42. The first kappa shape index (κ1) is 12.4. The number of nitrogens with one attached hydrogen (secondary N) is 1. The summed E-state index contributed by atoms with van der Waals surface area (Å²) < 4.78 is 0. The van der Waals surface area contributed by atoms with E-state index in [2.05, 4.69) is 10.3 Å². The molecular weight excluding hydrogens is 252 g/mol. The molecule has 0 saturated carbocycles. The fraction of sp³-hybridized carbons (Fsp3) is 0.0769. The highest BCUT2D eigenvalue weighted by molar-refractivity contribution is 6.30. The van der Waals surface area contributed by atoms with Crippen LogP contribution >= 0.6 is 11.6 Å². The number of halogens is 1. The van der Waals surface area contributed by atoms with Gasteiger partial charge in [-0.05, 0) is 29.8 Å². The third-order valence-corrected chi connectivity index (χ3v) is 2.58. The van der Waals surface area contributed by atoms with Crippen LogP contribution in [0.4, 0.5) is 0 Å². The molecule has 0 aliphatic heterocycles. The molecule has 0 atom stereocenters. The molecule has 1 aromatic carbocycles. The highest BCUT2D eigenvalue weighted by Gasteiger charge is 2.06. The van der Waals surface area contributed by atoms with Gasteiger partial charge in [0.05, 0.1) is 0 Å². The number of pyridine rings is 1. The molecule has 0 radical (unpaired) electrons. The maximum atomic E-state index is 11.8. The Bertz CT molecular complexity index is 555. The first-order valence-electron chi connectivity index (χ1n) is 5.33. The van der Waals surface area contributed by atoms with Gasteiger partial charge < -0.3 is 10.4 Å². The zero-order chi connectivity index (χ0) is 13.0. The Labute approximate surface area is 109 Å². The zero-order valence-corrected chi connectivity index (χ0v) is 10.2. The van der Waals surface area contributed by atoms with Crippen molar-refractivity contribution < 1.29 is 9.90 Å². The maximum Gasteiger partial charge on any atom is 0.270 e. The summed E-state index contributed by atoms with van der Waals surface area (Å²) in [6.07, 6.45) is 1.48. The van der Waals surface area contributed by atoms with Crippen LogP contribution in [0.1, 0.15) is 16.1 Å². The van der Waals surface area contributed by atoms with Crippen molar-refractivity contribution in [2.24, 2.45) is 0 Å². The van der Waals surface area contributed by atoms with Crippen LogP contribution < -0.4 is 5.32 Å².